The van der Waals surface area contributed by atoms with Gasteiger partial charge in [0, 0.05) is 6.07 Å². The number of hydrogen-bond acceptors (Lipinski definition) is 4. The number of benzene rings is 3. The molecule has 4 rings (SSSR count). The summed E-state index contributed by atoms with van der Waals surface area (Å²) >= 11 is 8.18. The summed E-state index contributed by atoms with van der Waals surface area (Å²) in [5, 5.41) is 6.47. The third-order valence-electron chi connectivity index (χ3n) is 4.97. The van der Waals surface area contributed by atoms with Gasteiger partial charge in [0.2, 0.25) is 5.88 Å². The van der Waals surface area contributed by atoms with E-state index in [-0.39, 0.29) is 16.6 Å². The molecule has 11 heteroatoms. The van der Waals surface area contributed by atoms with Gasteiger partial charge in [-0.1, -0.05) is 60.1 Å². The van der Waals surface area contributed by atoms with Crippen molar-refractivity contribution >= 4 is 45.8 Å². The Labute approximate surface area is 223 Å². The highest BCUT2D eigenvalue weighted by Crippen LogP contribution is 2.34. The number of carbonyl (C=O) groups is 1. The number of rotatable bonds is 8. The fourth-order valence-corrected chi connectivity index (χ4v) is 3.90. The van der Waals surface area contributed by atoms with E-state index in [2.05, 4.69) is 10.4 Å². The van der Waals surface area contributed by atoms with E-state index < -0.39 is 24.4 Å². The summed E-state index contributed by atoms with van der Waals surface area (Å²) in [4.78, 5) is 12.7. The van der Waals surface area contributed by atoms with Crippen molar-refractivity contribution in [3.05, 3.63) is 89.6 Å². The Hall–Kier alpha value is -3.25. The fourth-order valence-electron chi connectivity index (χ4n) is 3.35. The third-order valence-corrected chi connectivity index (χ3v) is 5.60. The van der Waals surface area contributed by atoms with Crippen molar-refractivity contribution < 1.29 is 27.4 Å². The van der Waals surface area contributed by atoms with Crippen molar-refractivity contribution in [2.75, 3.05) is 16.5 Å². The van der Waals surface area contributed by atoms with Crippen LogP contribution in [0.5, 0.6) is 11.6 Å². The second-order valence-electron chi connectivity index (χ2n) is 7.40. The molecule has 3 aromatic carbocycles. The zero-order valence-corrected chi connectivity index (χ0v) is 21.3. The number of nitrogens with zero attached hydrogens (tertiary/aromatic N) is 2. The van der Waals surface area contributed by atoms with Gasteiger partial charge in [-0.3, -0.25) is 4.79 Å². The van der Waals surface area contributed by atoms with Crippen LogP contribution < -0.4 is 14.8 Å². The van der Waals surface area contributed by atoms with Gasteiger partial charge in [-0.2, -0.15) is 23.0 Å². The summed E-state index contributed by atoms with van der Waals surface area (Å²) in [7, 11) is 0. The van der Waals surface area contributed by atoms with Crippen molar-refractivity contribution in [1.82, 2.24) is 9.78 Å². The summed E-state index contributed by atoms with van der Waals surface area (Å²) in [6.45, 7) is -0.577. The molecule has 0 aliphatic rings. The molecule has 1 aromatic heterocycles. The maximum atomic E-state index is 13.3. The molecule has 1 amide bonds. The predicted octanol–water partition coefficient (Wildman–Crippen LogP) is 7.00. The lowest BCUT2D eigenvalue weighted by Gasteiger charge is -2.14. The Morgan fingerprint density at radius 3 is 2.39 bits per heavy atom. The van der Waals surface area contributed by atoms with Crippen molar-refractivity contribution in [2.45, 2.75) is 6.18 Å². The molecule has 0 atom stereocenters. The number of ether oxygens (including phenoxy) is 2. The molecule has 0 unspecified atom stereocenters. The summed E-state index contributed by atoms with van der Waals surface area (Å²) in [6, 6.07) is 21.9. The Morgan fingerprint density at radius 1 is 0.972 bits per heavy atom. The molecule has 36 heavy (non-hydrogen) atoms. The van der Waals surface area contributed by atoms with Gasteiger partial charge in [0.15, 0.2) is 12.3 Å². The minimum absolute atomic E-state index is 0.168. The van der Waals surface area contributed by atoms with Gasteiger partial charge < -0.3 is 14.8 Å². The van der Waals surface area contributed by atoms with Crippen molar-refractivity contribution in [2.24, 2.45) is 0 Å². The smallest absolute Gasteiger partial charge is 0.435 e. The first-order valence-electron chi connectivity index (χ1n) is 10.5. The first-order chi connectivity index (χ1) is 17.3. The van der Waals surface area contributed by atoms with Crippen molar-refractivity contribution in [3.8, 4) is 28.4 Å². The molecule has 0 saturated heterocycles. The maximum Gasteiger partial charge on any atom is 0.435 e. The molecule has 186 valence electrons. The van der Waals surface area contributed by atoms with E-state index in [9.17, 15) is 18.0 Å². The lowest BCUT2D eigenvalue weighted by Crippen LogP contribution is -2.21. The van der Waals surface area contributed by atoms with E-state index >= 15 is 0 Å². The zero-order chi connectivity index (χ0) is 25.7. The standard InChI is InChI=1S/C25H18ClF3IN3O3/c26-18-8-4-5-9-20(18)33-24(13-22(32-33)25(27,28)29)35-14-23(34)31-19-12-17(10-11-21(19)36-15-30)16-6-2-1-3-7-16/h1-13H,14-15H2,(H,31,34). The maximum absolute atomic E-state index is 13.3. The molecule has 1 N–H and O–H groups in total. The lowest BCUT2D eigenvalue weighted by atomic mass is 10.0. The molecule has 0 aliphatic carbocycles. The predicted molar refractivity (Wildman–Crippen MR) is 139 cm³/mol. The van der Waals surface area contributed by atoms with Crippen LogP contribution in [0.1, 0.15) is 5.69 Å². The van der Waals surface area contributed by atoms with E-state index in [1.54, 1.807) is 24.3 Å². The first-order valence-corrected chi connectivity index (χ1v) is 12.4. The Balaban J connectivity index is 1.56. The average Bonchev–Trinajstić information content (AvgIpc) is 3.29. The second-order valence-corrected chi connectivity index (χ2v) is 8.43. The van der Waals surface area contributed by atoms with Crippen LogP contribution >= 0.6 is 34.2 Å². The molecule has 0 aliphatic heterocycles. The number of amides is 1. The first kappa shape index (κ1) is 25.8. The molecule has 0 saturated carbocycles. The van der Waals surface area contributed by atoms with Crippen LogP contribution in [-0.2, 0) is 11.0 Å². The molecular weight excluding hydrogens is 610 g/mol. The van der Waals surface area contributed by atoms with Gasteiger partial charge in [0.25, 0.3) is 5.91 Å². The van der Waals surface area contributed by atoms with Crippen LogP contribution in [0.2, 0.25) is 5.02 Å². The highest BCUT2D eigenvalue weighted by Gasteiger charge is 2.36. The van der Waals surface area contributed by atoms with E-state index in [0.717, 1.165) is 21.9 Å². The second kappa shape index (κ2) is 11.2. The largest absolute Gasteiger partial charge is 0.481 e. The number of carbonyl (C=O) groups excluding carboxylic acids is 1. The Morgan fingerprint density at radius 2 is 1.69 bits per heavy atom. The number of nitrogens with one attached hydrogen (secondary N) is 1. The van der Waals surface area contributed by atoms with Crippen LogP contribution in [-0.4, -0.2) is 26.9 Å². The molecule has 0 spiro atoms. The quantitative estimate of drug-likeness (QED) is 0.169. The van der Waals surface area contributed by atoms with Crippen LogP contribution in [0.3, 0.4) is 0 Å². The van der Waals surface area contributed by atoms with E-state index in [1.165, 1.54) is 12.1 Å². The molecule has 4 aromatic rings. The van der Waals surface area contributed by atoms with Crippen LogP contribution in [0.25, 0.3) is 16.8 Å². The monoisotopic (exact) mass is 627 g/mol. The number of halogens is 5. The summed E-state index contributed by atoms with van der Waals surface area (Å²) in [5.74, 6) is -0.441. The van der Waals surface area contributed by atoms with E-state index in [1.807, 2.05) is 59.0 Å². The van der Waals surface area contributed by atoms with Gasteiger partial charge in [-0.05, 0) is 58.0 Å². The number of hydrogen-bond donors (Lipinski definition) is 1. The lowest BCUT2D eigenvalue weighted by molar-refractivity contribution is -0.141. The molecular formula is C25H18ClF3IN3O3. The fraction of sp³-hybridized carbons (Fsp3) is 0.120. The number of alkyl halides is 4. The van der Waals surface area contributed by atoms with Crippen molar-refractivity contribution in [1.29, 1.82) is 0 Å². The van der Waals surface area contributed by atoms with Crippen LogP contribution in [0, 0.1) is 0 Å². The van der Waals surface area contributed by atoms with Gasteiger partial charge in [-0.25, -0.2) is 0 Å². The minimum Gasteiger partial charge on any atom is -0.481 e. The van der Waals surface area contributed by atoms with Gasteiger partial charge in [-0.15, -0.1) is 0 Å². The van der Waals surface area contributed by atoms with Gasteiger partial charge in [0.05, 0.1) is 16.4 Å². The Kier molecular flexibility index (Phi) is 8.04. The Bertz CT molecular complexity index is 1360. The molecule has 0 fully saturated rings. The van der Waals surface area contributed by atoms with E-state index in [0.29, 0.717) is 16.1 Å². The topological polar surface area (TPSA) is 65.4 Å². The van der Waals surface area contributed by atoms with Gasteiger partial charge >= 0.3 is 6.18 Å². The molecule has 0 bridgehead atoms. The summed E-state index contributed by atoms with van der Waals surface area (Å²) in [6.07, 6.45) is -4.71. The number of anilines is 1. The normalized spacial score (nSPS) is 11.2. The highest BCUT2D eigenvalue weighted by molar-refractivity contribution is 14.1. The zero-order valence-electron chi connectivity index (χ0n) is 18.4. The van der Waals surface area contributed by atoms with E-state index in [4.69, 9.17) is 21.1 Å². The number of para-hydroxylation sites is 1. The molecule has 0 radical (unpaired) electrons. The molecule has 1 heterocycles. The van der Waals surface area contributed by atoms with Crippen LogP contribution in [0.4, 0.5) is 18.9 Å². The average molecular weight is 628 g/mol. The van der Waals surface area contributed by atoms with Gasteiger partial charge in [0.1, 0.15) is 10.4 Å². The molecule has 6 nitrogen and oxygen atoms in total. The third kappa shape index (κ3) is 6.11. The highest BCUT2D eigenvalue weighted by atomic mass is 127. The number of aromatic nitrogens is 2. The SMILES string of the molecule is O=C(COc1cc(C(F)(F)F)nn1-c1ccccc1Cl)Nc1cc(-c2ccccc2)ccc1OCI. The minimum atomic E-state index is -4.71. The van der Waals surface area contributed by atoms with Crippen LogP contribution in [0.15, 0.2) is 78.9 Å². The summed E-state index contributed by atoms with van der Waals surface area (Å²) < 4.78 is 52.3. The summed E-state index contributed by atoms with van der Waals surface area (Å²) in [5.41, 5.74) is 1.19. The van der Waals surface area contributed by atoms with Crippen molar-refractivity contribution in [3.63, 3.8) is 0 Å².